The fraction of sp³-hybridized carbons (Fsp3) is 0.188. The van der Waals surface area contributed by atoms with Gasteiger partial charge in [0.05, 0.1) is 6.21 Å². The standard InChI is InChI=1S/C16H18N4O3/c1-11(21)18-13-6-4-12(5-7-13)16(22)19-17-10-14-8-9-15(23-14)20(2)3/h4-10H,1-3H3,(H,18,21)(H,19,22). The number of amides is 2. The molecule has 7 nitrogen and oxygen atoms in total. The third-order valence-electron chi connectivity index (χ3n) is 2.88. The van der Waals surface area contributed by atoms with Gasteiger partial charge in [-0.2, -0.15) is 5.10 Å². The second-order valence-corrected chi connectivity index (χ2v) is 5.03. The molecule has 2 aromatic rings. The molecule has 0 aliphatic heterocycles. The van der Waals surface area contributed by atoms with Crippen LogP contribution in [0.15, 0.2) is 45.9 Å². The van der Waals surface area contributed by atoms with Gasteiger partial charge in [0.2, 0.25) is 5.91 Å². The molecule has 0 spiro atoms. The summed E-state index contributed by atoms with van der Waals surface area (Å²) in [6.45, 7) is 1.42. The van der Waals surface area contributed by atoms with Crippen molar-refractivity contribution in [3.05, 3.63) is 47.7 Å². The first kappa shape index (κ1) is 16.3. The third-order valence-corrected chi connectivity index (χ3v) is 2.88. The van der Waals surface area contributed by atoms with Crippen molar-refractivity contribution in [2.24, 2.45) is 5.10 Å². The summed E-state index contributed by atoms with van der Waals surface area (Å²) in [6, 6.07) is 10.1. The third kappa shape index (κ3) is 4.70. The molecule has 0 aliphatic carbocycles. The molecule has 2 N–H and O–H groups in total. The van der Waals surface area contributed by atoms with Crippen LogP contribution in [0.4, 0.5) is 11.6 Å². The Balaban J connectivity index is 1.93. The lowest BCUT2D eigenvalue weighted by molar-refractivity contribution is -0.114. The van der Waals surface area contributed by atoms with Crippen LogP contribution >= 0.6 is 0 Å². The van der Waals surface area contributed by atoms with Crippen LogP contribution in [0.1, 0.15) is 23.0 Å². The molecule has 120 valence electrons. The SMILES string of the molecule is CC(=O)Nc1ccc(C(=O)NN=Cc2ccc(N(C)C)o2)cc1. The molecule has 1 heterocycles. The number of nitrogens with one attached hydrogen (secondary N) is 2. The first-order valence-corrected chi connectivity index (χ1v) is 6.94. The normalized spacial score (nSPS) is 10.6. The minimum absolute atomic E-state index is 0.164. The van der Waals surface area contributed by atoms with Crippen LogP contribution in [0.25, 0.3) is 0 Å². The Kier molecular flexibility index (Phi) is 5.14. The Hall–Kier alpha value is -3.09. The van der Waals surface area contributed by atoms with Gasteiger partial charge in [-0.15, -0.1) is 0 Å². The lowest BCUT2D eigenvalue weighted by Gasteiger charge is -2.05. The van der Waals surface area contributed by atoms with Crippen LogP contribution in [0.3, 0.4) is 0 Å². The highest BCUT2D eigenvalue weighted by Crippen LogP contribution is 2.14. The number of furan rings is 1. The first-order valence-electron chi connectivity index (χ1n) is 6.94. The van der Waals surface area contributed by atoms with E-state index in [4.69, 9.17) is 4.42 Å². The molecule has 0 radical (unpaired) electrons. The minimum Gasteiger partial charge on any atom is -0.440 e. The molecular formula is C16H18N4O3. The van der Waals surface area contributed by atoms with Crippen LogP contribution in [-0.2, 0) is 4.79 Å². The van der Waals surface area contributed by atoms with E-state index in [-0.39, 0.29) is 11.8 Å². The Bertz CT molecular complexity index is 717. The summed E-state index contributed by atoms with van der Waals surface area (Å²) in [6.07, 6.45) is 1.43. The highest BCUT2D eigenvalue weighted by Gasteiger charge is 2.05. The van der Waals surface area contributed by atoms with Gasteiger partial charge in [0.15, 0.2) is 5.88 Å². The molecule has 2 amide bonds. The summed E-state index contributed by atoms with van der Waals surface area (Å²) >= 11 is 0. The van der Waals surface area contributed by atoms with Crippen molar-refractivity contribution in [2.45, 2.75) is 6.92 Å². The Morgan fingerprint density at radius 2 is 1.83 bits per heavy atom. The zero-order valence-electron chi connectivity index (χ0n) is 13.2. The summed E-state index contributed by atoms with van der Waals surface area (Å²) in [5.41, 5.74) is 3.48. The number of carbonyl (C=O) groups is 2. The average Bonchev–Trinajstić information content (AvgIpc) is 2.96. The van der Waals surface area contributed by atoms with E-state index in [2.05, 4.69) is 15.8 Å². The Labute approximate surface area is 134 Å². The maximum absolute atomic E-state index is 11.9. The van der Waals surface area contributed by atoms with Crippen LogP contribution in [0.5, 0.6) is 0 Å². The molecule has 2 rings (SSSR count). The molecule has 0 atom stereocenters. The summed E-state index contributed by atoms with van der Waals surface area (Å²) in [7, 11) is 3.73. The van der Waals surface area contributed by atoms with Gasteiger partial charge < -0.3 is 14.6 Å². The number of hydrogen-bond donors (Lipinski definition) is 2. The number of benzene rings is 1. The molecule has 0 aliphatic rings. The zero-order valence-corrected chi connectivity index (χ0v) is 13.2. The highest BCUT2D eigenvalue weighted by atomic mass is 16.4. The van der Waals surface area contributed by atoms with Crippen molar-refractivity contribution in [3.8, 4) is 0 Å². The molecule has 23 heavy (non-hydrogen) atoms. The maximum Gasteiger partial charge on any atom is 0.271 e. The van der Waals surface area contributed by atoms with Crippen molar-refractivity contribution < 1.29 is 14.0 Å². The van der Waals surface area contributed by atoms with E-state index in [1.807, 2.05) is 25.1 Å². The molecule has 0 bridgehead atoms. The molecule has 1 aromatic carbocycles. The number of nitrogens with zero attached hydrogens (tertiary/aromatic N) is 2. The fourth-order valence-electron chi connectivity index (χ4n) is 1.78. The second kappa shape index (κ2) is 7.26. The molecule has 0 saturated heterocycles. The van der Waals surface area contributed by atoms with Crippen LogP contribution in [0.2, 0.25) is 0 Å². The smallest absolute Gasteiger partial charge is 0.271 e. The van der Waals surface area contributed by atoms with Gasteiger partial charge in [0.25, 0.3) is 5.91 Å². The van der Waals surface area contributed by atoms with Crippen molar-refractivity contribution >= 4 is 29.6 Å². The summed E-state index contributed by atoms with van der Waals surface area (Å²) in [5.74, 6) is 0.721. The lowest BCUT2D eigenvalue weighted by atomic mass is 10.2. The van der Waals surface area contributed by atoms with Gasteiger partial charge in [0.1, 0.15) is 5.76 Å². The largest absolute Gasteiger partial charge is 0.440 e. The van der Waals surface area contributed by atoms with E-state index >= 15 is 0 Å². The van der Waals surface area contributed by atoms with Gasteiger partial charge in [-0.05, 0) is 30.3 Å². The predicted octanol–water partition coefficient (Wildman–Crippen LogP) is 2.07. The number of carbonyl (C=O) groups excluding carboxylic acids is 2. The molecule has 0 fully saturated rings. The quantitative estimate of drug-likeness (QED) is 0.653. The number of anilines is 2. The number of hydrazone groups is 1. The Morgan fingerprint density at radius 3 is 2.39 bits per heavy atom. The van der Waals surface area contributed by atoms with Crippen LogP contribution < -0.4 is 15.6 Å². The van der Waals surface area contributed by atoms with Crippen molar-refractivity contribution in [1.82, 2.24) is 5.43 Å². The molecular weight excluding hydrogens is 296 g/mol. The minimum atomic E-state index is -0.352. The van der Waals surface area contributed by atoms with Gasteiger partial charge in [-0.3, -0.25) is 9.59 Å². The van der Waals surface area contributed by atoms with Gasteiger partial charge in [-0.25, -0.2) is 5.43 Å². The van der Waals surface area contributed by atoms with Gasteiger partial charge >= 0.3 is 0 Å². The first-order chi connectivity index (χ1) is 11.0. The van der Waals surface area contributed by atoms with Crippen molar-refractivity contribution in [3.63, 3.8) is 0 Å². The summed E-state index contributed by atoms with van der Waals surface area (Å²) in [5, 5.41) is 6.49. The van der Waals surface area contributed by atoms with Crippen LogP contribution in [-0.4, -0.2) is 32.1 Å². The van der Waals surface area contributed by atoms with Crippen molar-refractivity contribution in [1.29, 1.82) is 0 Å². The second-order valence-electron chi connectivity index (χ2n) is 5.03. The van der Waals surface area contributed by atoms with E-state index < -0.39 is 0 Å². The van der Waals surface area contributed by atoms with Gasteiger partial charge in [-0.1, -0.05) is 0 Å². The van der Waals surface area contributed by atoms with E-state index in [9.17, 15) is 9.59 Å². The monoisotopic (exact) mass is 314 g/mol. The van der Waals surface area contributed by atoms with Crippen molar-refractivity contribution in [2.75, 3.05) is 24.3 Å². The maximum atomic E-state index is 11.9. The molecule has 1 aromatic heterocycles. The molecule has 0 unspecified atom stereocenters. The van der Waals surface area contributed by atoms with Gasteiger partial charge in [0, 0.05) is 38.3 Å². The fourth-order valence-corrected chi connectivity index (χ4v) is 1.78. The summed E-state index contributed by atoms with van der Waals surface area (Å²) in [4.78, 5) is 24.7. The summed E-state index contributed by atoms with van der Waals surface area (Å²) < 4.78 is 5.47. The van der Waals surface area contributed by atoms with Crippen LogP contribution in [0, 0.1) is 0 Å². The Morgan fingerprint density at radius 1 is 1.13 bits per heavy atom. The predicted molar refractivity (Wildman–Crippen MR) is 88.8 cm³/mol. The number of hydrogen-bond acceptors (Lipinski definition) is 5. The molecule has 0 saturated carbocycles. The highest BCUT2D eigenvalue weighted by molar-refractivity contribution is 5.95. The number of rotatable bonds is 5. The van der Waals surface area contributed by atoms with E-state index in [0.29, 0.717) is 22.9 Å². The van der Waals surface area contributed by atoms with E-state index in [0.717, 1.165) is 0 Å². The zero-order chi connectivity index (χ0) is 16.8. The lowest BCUT2D eigenvalue weighted by Crippen LogP contribution is -2.17. The van der Waals surface area contributed by atoms with E-state index in [1.54, 1.807) is 30.3 Å². The van der Waals surface area contributed by atoms with E-state index in [1.165, 1.54) is 13.1 Å². The molecule has 7 heteroatoms. The average molecular weight is 314 g/mol. The topological polar surface area (TPSA) is 86.9 Å².